The Bertz CT molecular complexity index is 3610. The molecule has 0 bridgehead atoms. The molecule has 13 aromatic rings. The maximum atomic E-state index is 6.90. The number of aromatic nitrogens is 1. The van der Waals surface area contributed by atoms with Gasteiger partial charge in [-0.25, -0.2) is 0 Å². The molecule has 0 saturated carbocycles. The van der Waals surface area contributed by atoms with Crippen molar-refractivity contribution >= 4 is 87.2 Å². The van der Waals surface area contributed by atoms with Crippen LogP contribution in [0.4, 0.5) is 0 Å². The normalized spacial score (nSPS) is 12.1. The van der Waals surface area contributed by atoms with Crippen LogP contribution in [0, 0.1) is 0 Å². The van der Waals surface area contributed by atoms with Crippen LogP contribution in [0.1, 0.15) is 0 Å². The van der Waals surface area contributed by atoms with Crippen molar-refractivity contribution in [3.05, 3.63) is 194 Å². The van der Waals surface area contributed by atoms with E-state index in [1.165, 1.54) is 32.3 Å². The van der Waals surface area contributed by atoms with Crippen LogP contribution in [-0.2, 0) is 0 Å². The van der Waals surface area contributed by atoms with Crippen molar-refractivity contribution in [3.63, 3.8) is 0 Å². The highest BCUT2D eigenvalue weighted by molar-refractivity contribution is 6.17. The molecule has 0 spiro atoms. The standard InChI is InChI=1S/C56H33NO2/c1-3-11-35-29-37(23-21-33(35)9-1)41-13-5-17-45-47-19-7-15-43(55(47)58-53(41)45)39-25-27-51-49(31-39)50-32-40(26-28-52(50)57-51)44-16-8-20-48-46-18-6-14-42(54(46)59-56(44)48)38-24-22-34-10-2-4-12-36(34)30-38/h1-32,57H. The zero-order valence-corrected chi connectivity index (χ0v) is 31.8. The molecule has 59 heavy (non-hydrogen) atoms. The van der Waals surface area contributed by atoms with Crippen LogP contribution in [0.3, 0.4) is 0 Å². The van der Waals surface area contributed by atoms with Crippen molar-refractivity contribution in [2.45, 2.75) is 0 Å². The summed E-state index contributed by atoms with van der Waals surface area (Å²) in [7, 11) is 0. The summed E-state index contributed by atoms with van der Waals surface area (Å²) in [4.78, 5) is 3.68. The van der Waals surface area contributed by atoms with Crippen molar-refractivity contribution in [3.8, 4) is 44.5 Å². The highest BCUT2D eigenvalue weighted by Crippen LogP contribution is 2.44. The predicted molar refractivity (Wildman–Crippen MR) is 247 cm³/mol. The maximum absolute atomic E-state index is 6.90. The summed E-state index contributed by atoms with van der Waals surface area (Å²) in [6, 6.07) is 69.7. The first-order valence-corrected chi connectivity index (χ1v) is 20.1. The van der Waals surface area contributed by atoms with Crippen LogP contribution in [0.25, 0.3) is 132 Å². The molecular weight excluding hydrogens is 719 g/mol. The van der Waals surface area contributed by atoms with Gasteiger partial charge in [0.05, 0.1) is 0 Å². The molecule has 0 aliphatic carbocycles. The number of nitrogens with one attached hydrogen (secondary N) is 1. The number of furan rings is 2. The van der Waals surface area contributed by atoms with Gasteiger partial charge in [0.1, 0.15) is 22.3 Å². The Labute approximate surface area is 338 Å². The smallest absolute Gasteiger partial charge is 0.143 e. The van der Waals surface area contributed by atoms with Gasteiger partial charge in [-0.1, -0.05) is 158 Å². The van der Waals surface area contributed by atoms with Gasteiger partial charge < -0.3 is 13.8 Å². The van der Waals surface area contributed by atoms with E-state index in [2.05, 4.69) is 199 Å². The van der Waals surface area contributed by atoms with Crippen LogP contribution in [0.15, 0.2) is 203 Å². The van der Waals surface area contributed by atoms with Crippen LogP contribution in [0.5, 0.6) is 0 Å². The molecule has 0 unspecified atom stereocenters. The molecule has 13 rings (SSSR count). The number of aromatic amines is 1. The Morgan fingerprint density at radius 2 is 0.593 bits per heavy atom. The second kappa shape index (κ2) is 12.3. The zero-order valence-electron chi connectivity index (χ0n) is 31.8. The fourth-order valence-electron chi connectivity index (χ4n) is 9.50. The highest BCUT2D eigenvalue weighted by Gasteiger charge is 2.19. The molecule has 274 valence electrons. The molecule has 0 saturated heterocycles. The van der Waals surface area contributed by atoms with E-state index in [0.717, 1.165) is 99.4 Å². The molecule has 0 aliphatic rings. The fraction of sp³-hybridized carbons (Fsp3) is 0. The van der Waals surface area contributed by atoms with Crippen LogP contribution >= 0.6 is 0 Å². The van der Waals surface area contributed by atoms with Crippen molar-refractivity contribution < 1.29 is 8.83 Å². The average Bonchev–Trinajstić information content (AvgIpc) is 3.99. The Hall–Kier alpha value is -7.88. The largest absolute Gasteiger partial charge is 0.455 e. The lowest BCUT2D eigenvalue weighted by Gasteiger charge is -2.05. The molecule has 0 aliphatic heterocycles. The molecule has 0 fully saturated rings. The lowest BCUT2D eigenvalue weighted by atomic mass is 9.97. The van der Waals surface area contributed by atoms with E-state index in [0.29, 0.717) is 0 Å². The van der Waals surface area contributed by atoms with Gasteiger partial charge in [0.2, 0.25) is 0 Å². The number of benzene rings is 10. The molecule has 3 heteroatoms. The average molecular weight is 752 g/mol. The van der Waals surface area contributed by atoms with Crippen molar-refractivity contribution in [2.75, 3.05) is 0 Å². The lowest BCUT2D eigenvalue weighted by molar-refractivity contribution is 0.670. The van der Waals surface area contributed by atoms with E-state index in [-0.39, 0.29) is 0 Å². The summed E-state index contributed by atoms with van der Waals surface area (Å²) in [5.74, 6) is 0. The Morgan fingerprint density at radius 3 is 0.983 bits per heavy atom. The second-order valence-electron chi connectivity index (χ2n) is 15.7. The molecule has 0 atom stereocenters. The third kappa shape index (κ3) is 4.89. The molecule has 3 aromatic heterocycles. The van der Waals surface area contributed by atoms with Gasteiger partial charge >= 0.3 is 0 Å². The van der Waals surface area contributed by atoms with E-state index in [9.17, 15) is 0 Å². The third-order valence-corrected chi connectivity index (χ3v) is 12.4. The number of hydrogen-bond acceptors (Lipinski definition) is 2. The second-order valence-corrected chi connectivity index (χ2v) is 15.7. The Kier molecular flexibility index (Phi) is 6.72. The first-order valence-electron chi connectivity index (χ1n) is 20.1. The van der Waals surface area contributed by atoms with Gasteiger partial charge in [0.15, 0.2) is 0 Å². The summed E-state index contributed by atoms with van der Waals surface area (Å²) in [5, 5.41) is 11.7. The van der Waals surface area contributed by atoms with Gasteiger partial charge in [-0.15, -0.1) is 0 Å². The van der Waals surface area contributed by atoms with Gasteiger partial charge in [0.25, 0.3) is 0 Å². The maximum Gasteiger partial charge on any atom is 0.143 e. The minimum Gasteiger partial charge on any atom is -0.455 e. The zero-order chi connectivity index (χ0) is 38.6. The first kappa shape index (κ1) is 32.2. The van der Waals surface area contributed by atoms with Crippen molar-refractivity contribution in [2.24, 2.45) is 0 Å². The molecular formula is C56H33NO2. The van der Waals surface area contributed by atoms with E-state index < -0.39 is 0 Å². The molecule has 3 nitrogen and oxygen atoms in total. The Morgan fingerprint density at radius 1 is 0.254 bits per heavy atom. The minimum atomic E-state index is 0.898. The fourth-order valence-corrected chi connectivity index (χ4v) is 9.50. The molecule has 1 N–H and O–H groups in total. The number of para-hydroxylation sites is 4. The monoisotopic (exact) mass is 751 g/mol. The summed E-state index contributed by atoms with van der Waals surface area (Å²) < 4.78 is 13.8. The number of hydrogen-bond donors (Lipinski definition) is 1. The molecule has 0 radical (unpaired) electrons. The van der Waals surface area contributed by atoms with Crippen LogP contribution in [-0.4, -0.2) is 4.98 Å². The molecule has 0 amide bonds. The van der Waals surface area contributed by atoms with E-state index in [1.54, 1.807) is 0 Å². The molecule has 10 aromatic carbocycles. The lowest BCUT2D eigenvalue weighted by Crippen LogP contribution is -1.80. The van der Waals surface area contributed by atoms with Gasteiger partial charge in [0, 0.05) is 65.6 Å². The summed E-state index contributed by atoms with van der Waals surface area (Å²) >= 11 is 0. The van der Waals surface area contributed by atoms with Gasteiger partial charge in [-0.2, -0.15) is 0 Å². The summed E-state index contributed by atoms with van der Waals surface area (Å²) in [5.41, 5.74) is 14.7. The quantitative estimate of drug-likeness (QED) is 0.195. The van der Waals surface area contributed by atoms with Crippen molar-refractivity contribution in [1.82, 2.24) is 4.98 Å². The summed E-state index contributed by atoms with van der Waals surface area (Å²) in [6.07, 6.45) is 0. The topological polar surface area (TPSA) is 42.1 Å². The summed E-state index contributed by atoms with van der Waals surface area (Å²) in [6.45, 7) is 0. The van der Waals surface area contributed by atoms with Crippen molar-refractivity contribution in [1.29, 1.82) is 0 Å². The van der Waals surface area contributed by atoms with Gasteiger partial charge in [-0.3, -0.25) is 0 Å². The molecule has 3 heterocycles. The minimum absolute atomic E-state index is 0.898. The number of rotatable bonds is 4. The highest BCUT2D eigenvalue weighted by atomic mass is 16.3. The van der Waals surface area contributed by atoms with E-state index in [1.807, 2.05) is 0 Å². The third-order valence-electron chi connectivity index (χ3n) is 12.4. The SMILES string of the molecule is c1ccc2cc(-c3cccc4c3oc3c(-c5ccc6[nH]c7ccc(-c8cccc9c8oc8c(-c%10ccc%11ccccc%11c%10)cccc89)cc7c6c5)cccc34)ccc2c1. The predicted octanol–water partition coefficient (Wildman–Crippen LogP) is 16.1. The Balaban J connectivity index is 0.939. The van der Waals surface area contributed by atoms with E-state index in [4.69, 9.17) is 8.83 Å². The van der Waals surface area contributed by atoms with E-state index >= 15 is 0 Å². The first-order chi connectivity index (χ1) is 29.2. The van der Waals surface area contributed by atoms with Crippen LogP contribution in [0.2, 0.25) is 0 Å². The number of H-pyrrole nitrogens is 1. The number of fused-ring (bicyclic) bond motifs is 11. The van der Waals surface area contributed by atoms with Gasteiger partial charge in [-0.05, 0) is 80.2 Å². The van der Waals surface area contributed by atoms with Crippen LogP contribution < -0.4 is 0 Å².